The molecule has 1 aliphatic carbocycles. The molecule has 1 atom stereocenters. The molecule has 1 aromatic heterocycles. The van der Waals surface area contributed by atoms with Crippen molar-refractivity contribution in [3.63, 3.8) is 0 Å². The molecule has 0 bridgehead atoms. The number of rotatable bonds is 6. The van der Waals surface area contributed by atoms with Crippen LogP contribution in [0.3, 0.4) is 0 Å². The van der Waals surface area contributed by atoms with Gasteiger partial charge in [0.05, 0.1) is 16.6 Å². The van der Waals surface area contributed by atoms with Gasteiger partial charge in [0.2, 0.25) is 5.91 Å². The number of hydrogen-bond acceptors (Lipinski definition) is 5. The van der Waals surface area contributed by atoms with E-state index in [1.54, 1.807) is 40.9 Å². The van der Waals surface area contributed by atoms with E-state index in [9.17, 15) is 9.59 Å². The van der Waals surface area contributed by atoms with E-state index in [1.165, 1.54) is 34.8 Å². The molecule has 0 radical (unpaired) electrons. The topological polar surface area (TPSA) is 62.3 Å². The van der Waals surface area contributed by atoms with Crippen LogP contribution in [0.1, 0.15) is 45.2 Å². The molecule has 1 saturated heterocycles. The summed E-state index contributed by atoms with van der Waals surface area (Å²) in [5, 5.41) is 4.78. The molecule has 1 aromatic carbocycles. The van der Waals surface area contributed by atoms with Gasteiger partial charge in [-0.2, -0.15) is 0 Å². The Hall–Kier alpha value is -1.57. The minimum Gasteiger partial charge on any atom is -0.354 e. The predicted octanol–water partition coefficient (Wildman–Crippen LogP) is 3.94. The number of nitrogens with one attached hydrogen (secondary N) is 1. The van der Waals surface area contributed by atoms with E-state index in [1.807, 2.05) is 11.3 Å². The molecule has 1 fully saturated rings. The van der Waals surface area contributed by atoms with Crippen LogP contribution in [-0.2, 0) is 24.1 Å². The second-order valence-corrected chi connectivity index (χ2v) is 9.98. The summed E-state index contributed by atoms with van der Waals surface area (Å²) in [6, 6.07) is 6.38. The Bertz CT molecular complexity index is 861. The molecule has 1 aliphatic heterocycles. The Morgan fingerprint density at radius 3 is 2.79 bits per heavy atom. The van der Waals surface area contributed by atoms with Crippen molar-refractivity contribution in [3.05, 3.63) is 50.4 Å². The van der Waals surface area contributed by atoms with E-state index in [0.717, 1.165) is 19.3 Å². The summed E-state index contributed by atoms with van der Waals surface area (Å²) in [4.78, 5) is 33.3. The molecule has 29 heavy (non-hydrogen) atoms. The fraction of sp³-hybridized carbons (Fsp3) is 0.476. The van der Waals surface area contributed by atoms with Crippen molar-refractivity contribution in [1.29, 1.82) is 0 Å². The highest BCUT2D eigenvalue weighted by Crippen LogP contribution is 2.27. The van der Waals surface area contributed by atoms with Crippen LogP contribution in [0.5, 0.6) is 0 Å². The van der Waals surface area contributed by atoms with E-state index in [2.05, 4.69) is 5.32 Å². The van der Waals surface area contributed by atoms with Crippen molar-refractivity contribution < 1.29 is 9.59 Å². The van der Waals surface area contributed by atoms with Crippen molar-refractivity contribution in [2.45, 2.75) is 44.6 Å². The molecule has 0 spiro atoms. The lowest BCUT2D eigenvalue weighted by Gasteiger charge is -2.23. The average Bonchev–Trinajstić information content (AvgIpc) is 3.38. The summed E-state index contributed by atoms with van der Waals surface area (Å²) in [6.45, 7) is 0.604. The minimum atomic E-state index is -0.421. The molecule has 0 saturated carbocycles. The Kier molecular flexibility index (Phi) is 6.77. The quantitative estimate of drug-likeness (QED) is 0.678. The monoisotopic (exact) mass is 449 g/mol. The van der Waals surface area contributed by atoms with Gasteiger partial charge in [-0.3, -0.25) is 9.59 Å². The second kappa shape index (κ2) is 9.49. The summed E-state index contributed by atoms with van der Waals surface area (Å²) in [6.07, 6.45) is 6.56. The summed E-state index contributed by atoms with van der Waals surface area (Å²) in [5.74, 6) is 0.963. The van der Waals surface area contributed by atoms with Gasteiger partial charge in [-0.25, -0.2) is 4.98 Å². The van der Waals surface area contributed by atoms with Crippen molar-refractivity contribution in [3.8, 4) is 0 Å². The van der Waals surface area contributed by atoms with Crippen LogP contribution < -0.4 is 5.32 Å². The molecule has 1 unspecified atom stereocenters. The Balaban J connectivity index is 1.27. The average molecular weight is 450 g/mol. The number of nitrogens with zero attached hydrogens (tertiary/aromatic N) is 2. The Labute approximate surface area is 184 Å². The van der Waals surface area contributed by atoms with Gasteiger partial charge >= 0.3 is 0 Å². The number of halogens is 1. The lowest BCUT2D eigenvalue weighted by atomic mass is 10.0. The van der Waals surface area contributed by atoms with Gasteiger partial charge in [0.25, 0.3) is 5.91 Å². The molecular formula is C21H24ClN3O2S2. The maximum Gasteiger partial charge on any atom is 0.255 e. The number of carbonyl (C=O) groups is 2. The number of thioether (sulfide) groups is 1. The molecular weight excluding hydrogens is 426 g/mol. The van der Waals surface area contributed by atoms with E-state index in [0.29, 0.717) is 28.8 Å². The Morgan fingerprint density at radius 2 is 2.00 bits per heavy atom. The van der Waals surface area contributed by atoms with Crippen molar-refractivity contribution in [2.24, 2.45) is 0 Å². The highest BCUT2D eigenvalue weighted by atomic mass is 35.5. The molecule has 4 rings (SSSR count). The summed E-state index contributed by atoms with van der Waals surface area (Å²) in [5.41, 5.74) is 1.85. The minimum absolute atomic E-state index is 0.0734. The summed E-state index contributed by atoms with van der Waals surface area (Å²) < 4.78 is 0. The van der Waals surface area contributed by atoms with Gasteiger partial charge in [0, 0.05) is 34.2 Å². The lowest BCUT2D eigenvalue weighted by Crippen LogP contribution is -2.47. The normalized spacial score (nSPS) is 18.5. The first-order chi connectivity index (χ1) is 14.1. The van der Waals surface area contributed by atoms with E-state index in [4.69, 9.17) is 16.6 Å². The van der Waals surface area contributed by atoms with Gasteiger partial charge in [-0.1, -0.05) is 11.6 Å². The molecule has 8 heteroatoms. The van der Waals surface area contributed by atoms with Crippen LogP contribution in [0.2, 0.25) is 5.02 Å². The van der Waals surface area contributed by atoms with Gasteiger partial charge in [-0.05, 0) is 56.4 Å². The number of aromatic nitrogens is 1. The molecule has 2 aliphatic rings. The number of aryl methyl sites for hydroxylation is 3. The number of thiazole rings is 1. The second-order valence-electron chi connectivity index (χ2n) is 7.38. The number of amides is 2. The fourth-order valence-corrected chi connectivity index (χ4v) is 6.18. The van der Waals surface area contributed by atoms with Crippen LogP contribution in [-0.4, -0.2) is 45.9 Å². The van der Waals surface area contributed by atoms with Crippen LogP contribution in [0, 0.1) is 0 Å². The summed E-state index contributed by atoms with van der Waals surface area (Å²) in [7, 11) is 0. The predicted molar refractivity (Wildman–Crippen MR) is 119 cm³/mol. The van der Waals surface area contributed by atoms with Crippen molar-refractivity contribution >= 4 is 46.5 Å². The largest absolute Gasteiger partial charge is 0.354 e. The van der Waals surface area contributed by atoms with Gasteiger partial charge in [0.1, 0.15) is 6.04 Å². The molecule has 2 heterocycles. The maximum atomic E-state index is 12.8. The molecule has 154 valence electrons. The van der Waals surface area contributed by atoms with Gasteiger partial charge in [0.15, 0.2) is 0 Å². The standard InChI is InChI=1S/C21H24ClN3O2S2/c22-15-9-7-14(8-10-15)21(27)25-13-28-12-17(25)20(26)23-11-3-6-19-24-16-4-1-2-5-18(16)29-19/h7-10,17H,1-6,11-13H2,(H,23,26). The fourth-order valence-electron chi connectivity index (χ4n) is 3.70. The highest BCUT2D eigenvalue weighted by molar-refractivity contribution is 7.99. The van der Waals surface area contributed by atoms with Crippen LogP contribution in [0.25, 0.3) is 0 Å². The van der Waals surface area contributed by atoms with Crippen molar-refractivity contribution in [2.75, 3.05) is 18.2 Å². The van der Waals surface area contributed by atoms with Crippen LogP contribution in [0.15, 0.2) is 24.3 Å². The van der Waals surface area contributed by atoms with E-state index in [-0.39, 0.29) is 11.8 Å². The zero-order valence-electron chi connectivity index (χ0n) is 16.2. The van der Waals surface area contributed by atoms with E-state index >= 15 is 0 Å². The first-order valence-electron chi connectivity index (χ1n) is 10.0. The zero-order valence-corrected chi connectivity index (χ0v) is 18.5. The van der Waals surface area contributed by atoms with Gasteiger partial charge < -0.3 is 10.2 Å². The molecule has 2 amide bonds. The number of hydrogen-bond donors (Lipinski definition) is 1. The highest BCUT2D eigenvalue weighted by Gasteiger charge is 2.34. The smallest absolute Gasteiger partial charge is 0.255 e. The van der Waals surface area contributed by atoms with Gasteiger partial charge in [-0.15, -0.1) is 23.1 Å². The number of fused-ring (bicyclic) bond motifs is 1. The molecule has 1 N–H and O–H groups in total. The number of benzene rings is 1. The molecule has 5 nitrogen and oxygen atoms in total. The third kappa shape index (κ3) is 4.95. The third-order valence-corrected chi connectivity index (χ3v) is 7.77. The van der Waals surface area contributed by atoms with Crippen LogP contribution in [0.4, 0.5) is 0 Å². The SMILES string of the molecule is O=C(NCCCc1nc2c(s1)CCCC2)C1CSCN1C(=O)c1ccc(Cl)cc1. The molecule has 2 aromatic rings. The van der Waals surface area contributed by atoms with Crippen LogP contribution >= 0.6 is 34.7 Å². The number of carbonyl (C=O) groups excluding carboxylic acids is 2. The maximum absolute atomic E-state index is 12.8. The summed E-state index contributed by atoms with van der Waals surface area (Å²) >= 11 is 9.34. The zero-order chi connectivity index (χ0) is 20.2. The first-order valence-corrected chi connectivity index (χ1v) is 12.4. The van der Waals surface area contributed by atoms with E-state index < -0.39 is 6.04 Å². The Morgan fingerprint density at radius 1 is 1.21 bits per heavy atom. The lowest BCUT2D eigenvalue weighted by molar-refractivity contribution is -0.124. The third-order valence-electron chi connectivity index (χ3n) is 5.29. The first kappa shape index (κ1) is 20.7. The van der Waals surface area contributed by atoms with Crippen molar-refractivity contribution in [1.82, 2.24) is 15.2 Å².